The van der Waals surface area contributed by atoms with Crippen molar-refractivity contribution in [2.45, 2.75) is 0 Å². The van der Waals surface area contributed by atoms with Gasteiger partial charge in [-0.05, 0) is 53.2 Å². The molecule has 0 bridgehead atoms. The molecule has 0 atom stereocenters. The zero-order valence-corrected chi connectivity index (χ0v) is 11.7. The normalized spacial score (nSPS) is 10.5. The Bertz CT molecular complexity index is 827. The van der Waals surface area contributed by atoms with Gasteiger partial charge in [-0.3, -0.25) is 0 Å². The minimum Gasteiger partial charge on any atom is -0.508 e. The number of hydrogen-bond donors (Lipinski definition) is 1. The van der Waals surface area contributed by atoms with Gasteiger partial charge in [0, 0.05) is 5.02 Å². The highest BCUT2D eigenvalue weighted by Gasteiger charge is 2.09. The van der Waals surface area contributed by atoms with Crippen LogP contribution in [0.2, 0.25) is 5.02 Å². The summed E-state index contributed by atoms with van der Waals surface area (Å²) >= 11 is 5.85. The van der Waals surface area contributed by atoms with E-state index < -0.39 is 5.97 Å². The van der Waals surface area contributed by atoms with E-state index in [1.807, 2.05) is 6.07 Å². The lowest BCUT2D eigenvalue weighted by Crippen LogP contribution is -2.08. The highest BCUT2D eigenvalue weighted by molar-refractivity contribution is 6.30. The molecule has 0 aliphatic heterocycles. The fourth-order valence-corrected chi connectivity index (χ4v) is 2.25. The molecule has 0 fully saturated rings. The van der Waals surface area contributed by atoms with E-state index in [2.05, 4.69) is 0 Å². The van der Waals surface area contributed by atoms with Crippen LogP contribution in [0.15, 0.2) is 60.7 Å². The summed E-state index contributed by atoms with van der Waals surface area (Å²) in [4.78, 5) is 12.0. The minimum atomic E-state index is -0.475. The van der Waals surface area contributed by atoms with Crippen molar-refractivity contribution in [2.75, 3.05) is 0 Å². The molecule has 1 N–H and O–H groups in total. The fraction of sp³-hybridized carbons (Fsp3) is 0. The van der Waals surface area contributed by atoms with Gasteiger partial charge in [0.25, 0.3) is 0 Å². The van der Waals surface area contributed by atoms with Crippen molar-refractivity contribution in [2.24, 2.45) is 0 Å². The van der Waals surface area contributed by atoms with E-state index in [4.69, 9.17) is 16.3 Å². The van der Waals surface area contributed by atoms with Crippen molar-refractivity contribution in [3.63, 3.8) is 0 Å². The van der Waals surface area contributed by atoms with Crippen LogP contribution in [0.25, 0.3) is 10.8 Å². The van der Waals surface area contributed by atoms with Gasteiger partial charge in [-0.15, -0.1) is 0 Å². The average Bonchev–Trinajstić information content (AvgIpc) is 2.46. The fourth-order valence-electron chi connectivity index (χ4n) is 2.06. The Morgan fingerprint density at radius 3 is 2.57 bits per heavy atom. The third-order valence-electron chi connectivity index (χ3n) is 3.07. The Balaban J connectivity index is 1.89. The lowest BCUT2D eigenvalue weighted by atomic mass is 10.1. The summed E-state index contributed by atoms with van der Waals surface area (Å²) in [5.41, 5.74) is 0.388. The van der Waals surface area contributed by atoms with E-state index in [0.29, 0.717) is 16.3 Å². The topological polar surface area (TPSA) is 46.5 Å². The van der Waals surface area contributed by atoms with Gasteiger partial charge < -0.3 is 9.84 Å². The second-order valence-corrected chi connectivity index (χ2v) is 5.03. The van der Waals surface area contributed by atoms with Crippen LogP contribution in [0.1, 0.15) is 10.4 Å². The zero-order chi connectivity index (χ0) is 14.8. The molecule has 0 aromatic heterocycles. The number of hydrogen-bond acceptors (Lipinski definition) is 3. The van der Waals surface area contributed by atoms with E-state index in [1.165, 1.54) is 0 Å². The van der Waals surface area contributed by atoms with Gasteiger partial charge in [-0.2, -0.15) is 0 Å². The maximum atomic E-state index is 12.0. The van der Waals surface area contributed by atoms with E-state index in [9.17, 15) is 9.90 Å². The molecule has 3 nitrogen and oxygen atoms in total. The van der Waals surface area contributed by atoms with Gasteiger partial charge in [0.15, 0.2) is 0 Å². The summed E-state index contributed by atoms with van der Waals surface area (Å²) in [7, 11) is 0. The molecular weight excluding hydrogens is 288 g/mol. The number of rotatable bonds is 2. The number of fused-ring (bicyclic) bond motifs is 1. The third kappa shape index (κ3) is 2.98. The number of esters is 1. The standard InChI is InChI=1S/C17H11ClO3/c18-14-3-1-2-12(8-14)17(20)21-16-7-5-11-4-6-15(19)9-13(11)10-16/h1-10,19H. The number of halogens is 1. The van der Waals surface area contributed by atoms with Gasteiger partial charge in [0.05, 0.1) is 5.56 Å². The number of aromatic hydroxyl groups is 1. The molecule has 3 aromatic carbocycles. The second kappa shape index (κ2) is 5.46. The molecule has 0 saturated heterocycles. The molecule has 0 amide bonds. The third-order valence-corrected chi connectivity index (χ3v) is 3.30. The summed E-state index contributed by atoms with van der Waals surface area (Å²) < 4.78 is 5.32. The number of carbonyl (C=O) groups is 1. The van der Waals surface area contributed by atoms with Gasteiger partial charge in [-0.25, -0.2) is 4.79 Å². The van der Waals surface area contributed by atoms with Crippen LogP contribution in [0.3, 0.4) is 0 Å². The monoisotopic (exact) mass is 298 g/mol. The molecule has 0 radical (unpaired) electrons. The molecule has 104 valence electrons. The Labute approximate surface area is 126 Å². The SMILES string of the molecule is O=C(Oc1ccc2ccc(O)cc2c1)c1cccc(Cl)c1. The number of phenolic OH excluding ortho intramolecular Hbond substituents is 1. The predicted molar refractivity (Wildman–Crippen MR) is 82.0 cm³/mol. The first-order valence-electron chi connectivity index (χ1n) is 6.32. The van der Waals surface area contributed by atoms with Gasteiger partial charge >= 0.3 is 5.97 Å². The van der Waals surface area contributed by atoms with Crippen molar-refractivity contribution in [1.82, 2.24) is 0 Å². The minimum absolute atomic E-state index is 0.167. The molecule has 4 heteroatoms. The second-order valence-electron chi connectivity index (χ2n) is 4.59. The van der Waals surface area contributed by atoms with Crippen LogP contribution in [0.4, 0.5) is 0 Å². The zero-order valence-electron chi connectivity index (χ0n) is 10.9. The number of benzene rings is 3. The first-order chi connectivity index (χ1) is 10.1. The van der Waals surface area contributed by atoms with Crippen LogP contribution in [-0.2, 0) is 0 Å². The van der Waals surface area contributed by atoms with Crippen molar-refractivity contribution < 1.29 is 14.6 Å². The van der Waals surface area contributed by atoms with Crippen molar-refractivity contribution in [3.05, 3.63) is 71.2 Å². The summed E-state index contributed by atoms with van der Waals surface area (Å²) in [5, 5.41) is 11.7. The highest BCUT2D eigenvalue weighted by Crippen LogP contribution is 2.25. The quantitative estimate of drug-likeness (QED) is 0.563. The lowest BCUT2D eigenvalue weighted by Gasteiger charge is -2.06. The molecule has 0 aliphatic rings. The van der Waals surface area contributed by atoms with Crippen molar-refractivity contribution >= 4 is 28.3 Å². The molecular formula is C17H11ClO3. The number of phenols is 1. The Hall–Kier alpha value is -2.52. The van der Waals surface area contributed by atoms with Gasteiger partial charge in [-0.1, -0.05) is 29.8 Å². The number of ether oxygens (including phenoxy) is 1. The van der Waals surface area contributed by atoms with Crippen LogP contribution in [0, 0.1) is 0 Å². The smallest absolute Gasteiger partial charge is 0.343 e. The molecule has 0 saturated carbocycles. The molecule has 0 spiro atoms. The van der Waals surface area contributed by atoms with E-state index in [-0.39, 0.29) is 5.75 Å². The summed E-state index contributed by atoms with van der Waals surface area (Å²) in [5.74, 6) is 0.107. The van der Waals surface area contributed by atoms with E-state index >= 15 is 0 Å². The van der Waals surface area contributed by atoms with Gasteiger partial charge in [0.1, 0.15) is 11.5 Å². The summed E-state index contributed by atoms with van der Waals surface area (Å²) in [6.45, 7) is 0. The highest BCUT2D eigenvalue weighted by atomic mass is 35.5. The maximum absolute atomic E-state index is 12.0. The van der Waals surface area contributed by atoms with Crippen molar-refractivity contribution in [1.29, 1.82) is 0 Å². The van der Waals surface area contributed by atoms with Crippen LogP contribution in [0.5, 0.6) is 11.5 Å². The van der Waals surface area contributed by atoms with Crippen molar-refractivity contribution in [3.8, 4) is 11.5 Å². The molecule has 0 unspecified atom stereocenters. The number of carbonyl (C=O) groups excluding carboxylic acids is 1. The van der Waals surface area contributed by atoms with Crippen LogP contribution >= 0.6 is 11.6 Å². The molecule has 3 aromatic rings. The average molecular weight is 299 g/mol. The molecule has 3 rings (SSSR count). The Morgan fingerprint density at radius 2 is 1.76 bits per heavy atom. The van der Waals surface area contributed by atoms with E-state index in [0.717, 1.165) is 10.8 Å². The Morgan fingerprint density at radius 1 is 0.952 bits per heavy atom. The molecule has 0 aliphatic carbocycles. The first kappa shape index (κ1) is 13.5. The van der Waals surface area contributed by atoms with Gasteiger partial charge in [0.2, 0.25) is 0 Å². The first-order valence-corrected chi connectivity index (χ1v) is 6.70. The summed E-state index contributed by atoms with van der Waals surface area (Å²) in [6.07, 6.45) is 0. The molecule has 21 heavy (non-hydrogen) atoms. The largest absolute Gasteiger partial charge is 0.508 e. The maximum Gasteiger partial charge on any atom is 0.343 e. The predicted octanol–water partition coefficient (Wildman–Crippen LogP) is 4.42. The summed E-state index contributed by atoms with van der Waals surface area (Å²) in [6, 6.07) is 16.8. The van der Waals surface area contributed by atoms with Crippen LogP contribution in [-0.4, -0.2) is 11.1 Å². The Kier molecular flexibility index (Phi) is 3.50. The van der Waals surface area contributed by atoms with Crippen LogP contribution < -0.4 is 4.74 Å². The molecule has 0 heterocycles. The van der Waals surface area contributed by atoms with E-state index in [1.54, 1.807) is 54.6 Å². The lowest BCUT2D eigenvalue weighted by molar-refractivity contribution is 0.0735.